The molecule has 0 spiro atoms. The van der Waals surface area contributed by atoms with Gasteiger partial charge in [-0.1, -0.05) is 60.9 Å². The first-order valence-electron chi connectivity index (χ1n) is 8.22. The molecule has 6 heteroatoms. The van der Waals surface area contributed by atoms with Crippen LogP contribution in [0.4, 0.5) is 0 Å². The van der Waals surface area contributed by atoms with Crippen molar-refractivity contribution in [1.82, 2.24) is 4.57 Å². The summed E-state index contributed by atoms with van der Waals surface area (Å²) in [5.74, 6) is -0.777. The largest absolute Gasteiger partial charge is 0.457 e. The Morgan fingerprint density at radius 1 is 1.37 bits per heavy atom. The Labute approximate surface area is 160 Å². The maximum absolute atomic E-state index is 12.5. The van der Waals surface area contributed by atoms with Gasteiger partial charge in [0, 0.05) is 6.54 Å². The minimum Gasteiger partial charge on any atom is -0.457 e. The zero-order valence-corrected chi connectivity index (χ0v) is 15.7. The van der Waals surface area contributed by atoms with E-state index in [-0.39, 0.29) is 22.4 Å². The Kier molecular flexibility index (Phi) is 7.33. The minimum atomic E-state index is -0.777. The molecule has 0 amide bonds. The number of carbonyl (C=O) groups is 1. The molecular formula is C21H18N2O3S. The fourth-order valence-electron chi connectivity index (χ4n) is 2.21. The van der Waals surface area contributed by atoms with Crippen molar-refractivity contribution in [1.29, 1.82) is 5.26 Å². The highest BCUT2D eigenvalue weighted by Gasteiger charge is 2.16. The summed E-state index contributed by atoms with van der Waals surface area (Å²) in [4.78, 5) is 24.6. The zero-order valence-electron chi connectivity index (χ0n) is 14.8. The van der Waals surface area contributed by atoms with E-state index in [9.17, 15) is 14.9 Å². The lowest BCUT2D eigenvalue weighted by Crippen LogP contribution is -2.32. The molecule has 0 fully saturated rings. The van der Waals surface area contributed by atoms with Gasteiger partial charge in [-0.2, -0.15) is 5.26 Å². The number of carbonyl (C=O) groups excluding carboxylic acids is 1. The first-order valence-corrected chi connectivity index (χ1v) is 9.04. The predicted octanol–water partition coefficient (Wildman–Crippen LogP) is 1.98. The van der Waals surface area contributed by atoms with Gasteiger partial charge in [0.1, 0.15) is 21.9 Å². The summed E-state index contributed by atoms with van der Waals surface area (Å²) in [5.41, 5.74) is 3.45. The number of hydrogen-bond acceptors (Lipinski definition) is 5. The second kappa shape index (κ2) is 9.93. The number of benzene rings is 1. The number of thiazole rings is 1. The lowest BCUT2D eigenvalue weighted by atomic mass is 10.2. The molecule has 5 nitrogen and oxygen atoms in total. The fourth-order valence-corrected chi connectivity index (χ4v) is 3.28. The molecule has 1 aromatic carbocycles. The third-order valence-electron chi connectivity index (χ3n) is 3.46. The number of allylic oxidation sites excluding steroid dienone is 2. The zero-order chi connectivity index (χ0) is 19.6. The topological polar surface area (TPSA) is 72.1 Å². The maximum Gasteiger partial charge on any atom is 0.352 e. The van der Waals surface area contributed by atoms with Gasteiger partial charge in [-0.15, -0.1) is 11.3 Å². The number of nitrogens with zero attached hydrogens (tertiary/aromatic N) is 2. The first kappa shape index (κ1) is 19.9. The van der Waals surface area contributed by atoms with Gasteiger partial charge in [0.15, 0.2) is 5.57 Å². The Bertz CT molecular complexity index is 1110. The van der Waals surface area contributed by atoms with Crippen LogP contribution in [0.3, 0.4) is 0 Å². The number of nitriles is 1. The molecule has 1 aromatic heterocycles. The summed E-state index contributed by atoms with van der Waals surface area (Å²) in [6, 6.07) is 11.6. The number of aromatic nitrogens is 1. The smallest absolute Gasteiger partial charge is 0.352 e. The molecule has 2 rings (SSSR count). The summed E-state index contributed by atoms with van der Waals surface area (Å²) >= 11 is 1.04. The normalized spacial score (nSPS) is 11.4. The van der Waals surface area contributed by atoms with E-state index in [2.05, 4.69) is 12.3 Å². The van der Waals surface area contributed by atoms with Crippen molar-refractivity contribution in [3.63, 3.8) is 0 Å². The van der Waals surface area contributed by atoms with E-state index in [1.54, 1.807) is 19.1 Å². The molecular weight excluding hydrogens is 360 g/mol. The van der Waals surface area contributed by atoms with Gasteiger partial charge in [-0.25, -0.2) is 4.79 Å². The number of ether oxygens (including phenoxy) is 1. The van der Waals surface area contributed by atoms with Crippen LogP contribution in [0.2, 0.25) is 0 Å². The molecule has 136 valence electrons. The third kappa shape index (κ3) is 5.05. The van der Waals surface area contributed by atoms with Crippen LogP contribution in [0.5, 0.6) is 0 Å². The van der Waals surface area contributed by atoms with Crippen LogP contribution >= 0.6 is 11.3 Å². The number of hydrogen-bond donors (Lipinski definition) is 0. The highest BCUT2D eigenvalue weighted by molar-refractivity contribution is 7.07. The Morgan fingerprint density at radius 2 is 2.11 bits per heavy atom. The van der Waals surface area contributed by atoms with Crippen molar-refractivity contribution in [2.45, 2.75) is 13.5 Å². The molecule has 0 saturated carbocycles. The van der Waals surface area contributed by atoms with Crippen LogP contribution in [-0.2, 0) is 16.1 Å². The SMILES string of the molecule is C=CCOC(=O)/C(C#N)=c1\sc(=C=C/C=C/c2ccccc2)c(=O)n1CC. The summed E-state index contributed by atoms with van der Waals surface area (Å²) in [5, 5.41) is 9.35. The molecule has 1 heterocycles. The van der Waals surface area contributed by atoms with Crippen molar-refractivity contribution in [3.05, 3.63) is 80.3 Å². The van der Waals surface area contributed by atoms with Crippen LogP contribution in [0.1, 0.15) is 12.5 Å². The highest BCUT2D eigenvalue weighted by Crippen LogP contribution is 2.00. The van der Waals surface area contributed by atoms with Gasteiger partial charge in [-0.05, 0) is 18.6 Å². The molecule has 0 radical (unpaired) electrons. The lowest BCUT2D eigenvalue weighted by Gasteiger charge is -2.00. The van der Waals surface area contributed by atoms with Crippen molar-refractivity contribution in [3.8, 4) is 6.07 Å². The Balaban J connectivity index is 2.53. The van der Waals surface area contributed by atoms with Gasteiger partial charge < -0.3 is 4.74 Å². The molecule has 0 bridgehead atoms. The van der Waals surface area contributed by atoms with Crippen molar-refractivity contribution in [2.24, 2.45) is 0 Å². The van der Waals surface area contributed by atoms with Gasteiger partial charge in [-0.3, -0.25) is 9.36 Å². The van der Waals surface area contributed by atoms with E-state index >= 15 is 0 Å². The molecule has 0 aliphatic rings. The predicted molar refractivity (Wildman–Crippen MR) is 107 cm³/mol. The van der Waals surface area contributed by atoms with Gasteiger partial charge in [0.25, 0.3) is 5.56 Å². The van der Waals surface area contributed by atoms with Crippen molar-refractivity contribution < 1.29 is 9.53 Å². The van der Waals surface area contributed by atoms with E-state index in [0.29, 0.717) is 11.1 Å². The average molecular weight is 378 g/mol. The van der Waals surface area contributed by atoms with Crippen LogP contribution in [0, 0.1) is 11.3 Å². The summed E-state index contributed by atoms with van der Waals surface area (Å²) in [6.45, 7) is 5.55. The quantitative estimate of drug-likeness (QED) is 0.438. The lowest BCUT2D eigenvalue weighted by molar-refractivity contribution is -0.135. The standard InChI is InChI=1S/C21H18N2O3S/c1-3-14-26-21(25)17(15-22)20-23(4-2)19(24)18(27-20)13-9-8-12-16-10-6-5-7-11-16/h3,5-12H,1,4,14H2,2H3/b12-8+,20-17-. The fraction of sp³-hybridized carbons (Fsp3) is 0.143. The molecule has 2 aromatic rings. The Hall–Kier alpha value is -3.39. The monoisotopic (exact) mass is 378 g/mol. The Morgan fingerprint density at radius 3 is 2.74 bits per heavy atom. The van der Waals surface area contributed by atoms with Gasteiger partial charge in [0.05, 0.1) is 0 Å². The summed E-state index contributed by atoms with van der Waals surface area (Å²) in [7, 11) is 0. The molecule has 0 N–H and O–H groups in total. The molecule has 0 aliphatic carbocycles. The molecule has 0 unspecified atom stereocenters. The minimum absolute atomic E-state index is 0.00505. The van der Waals surface area contributed by atoms with Crippen LogP contribution < -0.4 is 14.8 Å². The van der Waals surface area contributed by atoms with Crippen molar-refractivity contribution in [2.75, 3.05) is 6.61 Å². The van der Waals surface area contributed by atoms with E-state index in [4.69, 9.17) is 4.74 Å². The second-order valence-electron chi connectivity index (χ2n) is 5.24. The molecule has 0 atom stereocenters. The summed E-state index contributed by atoms with van der Waals surface area (Å²) < 4.78 is 6.88. The summed E-state index contributed by atoms with van der Waals surface area (Å²) in [6.07, 6.45) is 6.71. The molecule has 0 saturated heterocycles. The van der Waals surface area contributed by atoms with Crippen LogP contribution in [0.15, 0.2) is 59.9 Å². The van der Waals surface area contributed by atoms with E-state index in [1.807, 2.05) is 42.5 Å². The first-order chi connectivity index (χ1) is 13.1. The maximum atomic E-state index is 12.5. The van der Waals surface area contributed by atoms with Crippen LogP contribution in [0.25, 0.3) is 17.4 Å². The highest BCUT2D eigenvalue weighted by atomic mass is 32.1. The van der Waals surface area contributed by atoms with Gasteiger partial charge >= 0.3 is 5.97 Å². The van der Waals surface area contributed by atoms with E-state index < -0.39 is 5.97 Å². The molecule has 27 heavy (non-hydrogen) atoms. The van der Waals surface area contributed by atoms with E-state index in [0.717, 1.165) is 16.9 Å². The number of rotatable bonds is 6. The van der Waals surface area contributed by atoms with Crippen LogP contribution in [-0.4, -0.2) is 17.1 Å². The average Bonchev–Trinajstić information content (AvgIpc) is 3.00. The van der Waals surface area contributed by atoms with Gasteiger partial charge in [0.2, 0.25) is 0 Å². The molecule has 0 aliphatic heterocycles. The number of esters is 1. The van der Waals surface area contributed by atoms with E-state index in [1.165, 1.54) is 10.6 Å². The second-order valence-corrected chi connectivity index (χ2v) is 6.24. The third-order valence-corrected chi connectivity index (χ3v) is 4.57. The van der Waals surface area contributed by atoms with Crippen molar-refractivity contribution >= 4 is 34.7 Å².